The first-order chi connectivity index (χ1) is 9.29. The van der Waals surface area contributed by atoms with Gasteiger partial charge in [-0.3, -0.25) is 0 Å². The van der Waals surface area contributed by atoms with Gasteiger partial charge in [0.15, 0.2) is 11.5 Å². The fourth-order valence-corrected chi connectivity index (χ4v) is 2.18. The van der Waals surface area contributed by atoms with Crippen LogP contribution in [0.1, 0.15) is 5.56 Å². The van der Waals surface area contributed by atoms with E-state index in [2.05, 4.69) is 20.3 Å². The molecule has 2 aromatic heterocycles. The third-order valence-electron chi connectivity index (χ3n) is 2.94. The highest BCUT2D eigenvalue weighted by Crippen LogP contribution is 2.20. The maximum atomic E-state index is 6.17. The van der Waals surface area contributed by atoms with Crippen LogP contribution in [0.3, 0.4) is 0 Å². The zero-order valence-electron chi connectivity index (χ0n) is 10.3. The molecule has 1 N–H and O–H groups in total. The predicted molar refractivity (Wildman–Crippen MR) is 75.4 cm³/mol. The number of anilines is 1. The summed E-state index contributed by atoms with van der Waals surface area (Å²) in [5, 5.41) is 3.75. The Labute approximate surface area is 115 Å². The lowest BCUT2D eigenvalue weighted by Crippen LogP contribution is -2.01. The molecule has 6 heteroatoms. The molecule has 0 amide bonds. The number of nitrogens with zero attached hydrogens (tertiary/aromatic N) is 4. The van der Waals surface area contributed by atoms with Crippen LogP contribution in [0, 0.1) is 0 Å². The van der Waals surface area contributed by atoms with Crippen LogP contribution in [0.25, 0.3) is 11.2 Å². The molecule has 0 bridgehead atoms. The molecule has 0 aliphatic heterocycles. The standard InChI is InChI=1S/C13H12ClN5/c1-15-12-11-13(17-7-16-12)19(8-18-11)6-9-4-2-3-5-10(9)14/h2-5,7-8H,6H2,1H3,(H,15,16,17). The molecule has 1 aromatic carbocycles. The van der Waals surface area contributed by atoms with E-state index < -0.39 is 0 Å². The summed E-state index contributed by atoms with van der Waals surface area (Å²) in [5.41, 5.74) is 2.59. The van der Waals surface area contributed by atoms with Gasteiger partial charge < -0.3 is 9.88 Å². The molecule has 19 heavy (non-hydrogen) atoms. The average Bonchev–Trinajstić information content (AvgIpc) is 2.84. The third-order valence-corrected chi connectivity index (χ3v) is 3.31. The normalized spacial score (nSPS) is 10.8. The van der Waals surface area contributed by atoms with Gasteiger partial charge in [0, 0.05) is 12.1 Å². The van der Waals surface area contributed by atoms with Gasteiger partial charge in [0.2, 0.25) is 0 Å². The van der Waals surface area contributed by atoms with Gasteiger partial charge in [0.1, 0.15) is 11.8 Å². The summed E-state index contributed by atoms with van der Waals surface area (Å²) in [4.78, 5) is 12.8. The number of nitrogens with one attached hydrogen (secondary N) is 1. The number of imidazole rings is 1. The van der Waals surface area contributed by atoms with Crippen LogP contribution >= 0.6 is 11.6 Å². The zero-order valence-corrected chi connectivity index (χ0v) is 11.1. The van der Waals surface area contributed by atoms with Crippen molar-refractivity contribution in [3.05, 3.63) is 47.5 Å². The number of benzene rings is 1. The highest BCUT2D eigenvalue weighted by Gasteiger charge is 2.10. The van der Waals surface area contributed by atoms with Gasteiger partial charge in [-0.25, -0.2) is 15.0 Å². The molecule has 0 saturated carbocycles. The summed E-state index contributed by atoms with van der Waals surface area (Å²) >= 11 is 6.17. The van der Waals surface area contributed by atoms with E-state index in [0.717, 1.165) is 27.6 Å². The lowest BCUT2D eigenvalue weighted by Gasteiger charge is -2.06. The molecule has 3 aromatic rings. The number of hydrogen-bond acceptors (Lipinski definition) is 4. The van der Waals surface area contributed by atoms with Crippen LogP contribution in [-0.4, -0.2) is 26.6 Å². The second kappa shape index (κ2) is 4.85. The molecule has 0 aliphatic rings. The van der Waals surface area contributed by atoms with Crippen LogP contribution < -0.4 is 5.32 Å². The summed E-state index contributed by atoms with van der Waals surface area (Å²) in [6.45, 7) is 0.635. The molecular weight excluding hydrogens is 262 g/mol. The third kappa shape index (κ3) is 2.13. The largest absolute Gasteiger partial charge is 0.371 e. The van der Waals surface area contributed by atoms with E-state index >= 15 is 0 Å². The van der Waals surface area contributed by atoms with Crippen molar-refractivity contribution in [2.75, 3.05) is 12.4 Å². The van der Waals surface area contributed by atoms with Crippen molar-refractivity contribution >= 4 is 28.6 Å². The van der Waals surface area contributed by atoms with Crippen molar-refractivity contribution < 1.29 is 0 Å². The van der Waals surface area contributed by atoms with E-state index in [1.54, 1.807) is 6.33 Å². The molecule has 96 valence electrons. The van der Waals surface area contributed by atoms with E-state index in [4.69, 9.17) is 11.6 Å². The minimum absolute atomic E-state index is 0.635. The molecular formula is C13H12ClN5. The van der Waals surface area contributed by atoms with E-state index in [-0.39, 0.29) is 0 Å². The fourth-order valence-electron chi connectivity index (χ4n) is 1.99. The molecule has 5 nitrogen and oxygen atoms in total. The van der Waals surface area contributed by atoms with Gasteiger partial charge in [-0.1, -0.05) is 29.8 Å². The highest BCUT2D eigenvalue weighted by atomic mass is 35.5. The second-order valence-corrected chi connectivity index (χ2v) is 4.52. The zero-order chi connectivity index (χ0) is 13.2. The first-order valence-electron chi connectivity index (χ1n) is 5.86. The van der Waals surface area contributed by atoms with Crippen LogP contribution in [0.4, 0.5) is 5.82 Å². The Kier molecular flexibility index (Phi) is 3.05. The first-order valence-corrected chi connectivity index (χ1v) is 6.24. The summed E-state index contributed by atoms with van der Waals surface area (Å²) in [6.07, 6.45) is 3.28. The van der Waals surface area contributed by atoms with Crippen molar-refractivity contribution in [2.24, 2.45) is 0 Å². The molecule has 2 heterocycles. The second-order valence-electron chi connectivity index (χ2n) is 4.11. The molecule has 0 saturated heterocycles. The molecule has 0 radical (unpaired) electrons. The van der Waals surface area contributed by atoms with Gasteiger partial charge in [-0.2, -0.15) is 0 Å². The van der Waals surface area contributed by atoms with E-state index in [1.165, 1.54) is 6.33 Å². The molecule has 0 aliphatic carbocycles. The summed E-state index contributed by atoms with van der Waals surface area (Å²) in [7, 11) is 1.81. The number of halogens is 1. The predicted octanol–water partition coefficient (Wildman–Crippen LogP) is 2.57. The minimum atomic E-state index is 0.635. The Morgan fingerprint density at radius 1 is 1.21 bits per heavy atom. The van der Waals surface area contributed by atoms with E-state index in [9.17, 15) is 0 Å². The van der Waals surface area contributed by atoms with Crippen molar-refractivity contribution in [2.45, 2.75) is 6.54 Å². The molecule has 0 atom stereocenters. The molecule has 0 unspecified atom stereocenters. The maximum Gasteiger partial charge on any atom is 0.165 e. The lowest BCUT2D eigenvalue weighted by atomic mass is 10.2. The summed E-state index contributed by atoms with van der Waals surface area (Å²) < 4.78 is 1.96. The monoisotopic (exact) mass is 273 g/mol. The number of rotatable bonds is 3. The fraction of sp³-hybridized carbons (Fsp3) is 0.154. The Morgan fingerprint density at radius 3 is 2.84 bits per heavy atom. The minimum Gasteiger partial charge on any atom is -0.371 e. The SMILES string of the molecule is CNc1ncnc2c1ncn2Cc1ccccc1Cl. The molecule has 3 rings (SSSR count). The Bertz CT molecular complexity index is 722. The lowest BCUT2D eigenvalue weighted by molar-refractivity contribution is 0.813. The highest BCUT2D eigenvalue weighted by molar-refractivity contribution is 6.31. The Hall–Kier alpha value is -2.14. The molecule has 0 fully saturated rings. The van der Waals surface area contributed by atoms with E-state index in [1.807, 2.05) is 35.9 Å². The average molecular weight is 274 g/mol. The number of fused-ring (bicyclic) bond motifs is 1. The number of hydrogen-bond donors (Lipinski definition) is 1. The van der Waals surface area contributed by atoms with Gasteiger partial charge in [-0.15, -0.1) is 0 Å². The van der Waals surface area contributed by atoms with Crippen molar-refractivity contribution in [3.63, 3.8) is 0 Å². The van der Waals surface area contributed by atoms with Gasteiger partial charge in [-0.05, 0) is 11.6 Å². The van der Waals surface area contributed by atoms with E-state index in [0.29, 0.717) is 6.54 Å². The Balaban J connectivity index is 2.05. The smallest absolute Gasteiger partial charge is 0.165 e. The van der Waals surface area contributed by atoms with Crippen molar-refractivity contribution in [1.29, 1.82) is 0 Å². The van der Waals surface area contributed by atoms with Gasteiger partial charge in [0.05, 0.1) is 12.9 Å². The van der Waals surface area contributed by atoms with Gasteiger partial charge in [0.25, 0.3) is 0 Å². The van der Waals surface area contributed by atoms with Crippen molar-refractivity contribution in [3.8, 4) is 0 Å². The topological polar surface area (TPSA) is 55.6 Å². The summed E-state index contributed by atoms with van der Waals surface area (Å²) in [5.74, 6) is 0.725. The summed E-state index contributed by atoms with van der Waals surface area (Å²) in [6, 6.07) is 7.76. The van der Waals surface area contributed by atoms with Crippen molar-refractivity contribution in [1.82, 2.24) is 19.5 Å². The van der Waals surface area contributed by atoms with Crippen LogP contribution in [0.15, 0.2) is 36.9 Å². The van der Waals surface area contributed by atoms with Crippen LogP contribution in [0.5, 0.6) is 0 Å². The first kappa shape index (κ1) is 11.9. The van der Waals surface area contributed by atoms with Gasteiger partial charge >= 0.3 is 0 Å². The Morgan fingerprint density at radius 2 is 2.05 bits per heavy atom. The quantitative estimate of drug-likeness (QED) is 0.797. The van der Waals surface area contributed by atoms with Crippen LogP contribution in [-0.2, 0) is 6.54 Å². The maximum absolute atomic E-state index is 6.17. The molecule has 0 spiro atoms. The number of aromatic nitrogens is 4. The van der Waals surface area contributed by atoms with Crippen LogP contribution in [0.2, 0.25) is 5.02 Å².